The van der Waals surface area contributed by atoms with E-state index < -0.39 is 0 Å². The predicted octanol–water partition coefficient (Wildman–Crippen LogP) is 1.01. The Morgan fingerprint density at radius 2 is 2.08 bits per heavy atom. The van der Waals surface area contributed by atoms with Crippen molar-refractivity contribution in [2.75, 3.05) is 45.8 Å². The van der Waals surface area contributed by atoms with Gasteiger partial charge in [-0.05, 0) is 31.2 Å². The number of hydrogen-bond donors (Lipinski definition) is 2. The maximum Gasteiger partial charge on any atom is 0.263 e. The third-order valence-electron chi connectivity index (χ3n) is 6.71. The van der Waals surface area contributed by atoms with E-state index in [9.17, 15) is 9.59 Å². The summed E-state index contributed by atoms with van der Waals surface area (Å²) in [7, 11) is 3.31. The minimum Gasteiger partial charge on any atom is -0.495 e. The van der Waals surface area contributed by atoms with Crippen LogP contribution in [-0.2, 0) is 22.6 Å². The van der Waals surface area contributed by atoms with E-state index in [4.69, 9.17) is 14.2 Å². The number of pyridine rings is 3. The van der Waals surface area contributed by atoms with Crippen LogP contribution in [0, 0.1) is 0 Å². The van der Waals surface area contributed by atoms with Gasteiger partial charge in [0.2, 0.25) is 0 Å². The Bertz CT molecular complexity index is 1310. The monoisotopic (exact) mass is 494 g/mol. The van der Waals surface area contributed by atoms with E-state index >= 15 is 0 Å². The predicted molar refractivity (Wildman–Crippen MR) is 133 cm³/mol. The molecular formula is C25H30N6O5. The number of aromatic nitrogens is 3. The zero-order valence-electron chi connectivity index (χ0n) is 20.4. The quantitative estimate of drug-likeness (QED) is 0.473. The number of hydrogen-bond acceptors (Lipinski definition) is 9. The maximum atomic E-state index is 12.6. The molecule has 3 aromatic rings. The summed E-state index contributed by atoms with van der Waals surface area (Å²) in [6, 6.07) is 9.03. The lowest BCUT2D eigenvalue weighted by atomic mass is 10.0. The summed E-state index contributed by atoms with van der Waals surface area (Å²) < 4.78 is 18.2. The minimum atomic E-state index is -0.201. The summed E-state index contributed by atoms with van der Waals surface area (Å²) in [5.41, 5.74) is 2.28. The number of nitrogens with one attached hydrogen (secondary N) is 2. The number of nitrogens with zero attached hydrogens (tertiary/aromatic N) is 4. The minimum absolute atomic E-state index is 0.00888. The third kappa shape index (κ3) is 5.18. The van der Waals surface area contributed by atoms with Crippen molar-refractivity contribution in [3.05, 3.63) is 52.6 Å². The van der Waals surface area contributed by atoms with Crippen LogP contribution in [0.5, 0.6) is 11.5 Å². The molecule has 0 radical (unpaired) electrons. The zero-order valence-corrected chi connectivity index (χ0v) is 20.4. The average Bonchev–Trinajstić information content (AvgIpc) is 2.90. The van der Waals surface area contributed by atoms with Gasteiger partial charge in [-0.1, -0.05) is 0 Å². The first-order valence-corrected chi connectivity index (χ1v) is 12.0. The number of fused-ring (bicyclic) bond motifs is 2. The number of carbonyl (C=O) groups excluding carboxylic acids is 1. The second-order valence-electron chi connectivity index (χ2n) is 8.94. The van der Waals surface area contributed by atoms with Crippen LogP contribution < -0.4 is 25.7 Å². The lowest BCUT2D eigenvalue weighted by Gasteiger charge is -2.38. The summed E-state index contributed by atoms with van der Waals surface area (Å²) in [6.45, 7) is 3.45. The van der Waals surface area contributed by atoms with Crippen molar-refractivity contribution in [1.82, 2.24) is 24.8 Å². The molecule has 1 amide bonds. The highest BCUT2D eigenvalue weighted by Gasteiger charge is 2.29. The maximum absolute atomic E-state index is 12.6. The van der Waals surface area contributed by atoms with Gasteiger partial charge in [0.25, 0.3) is 11.5 Å². The normalized spacial score (nSPS) is 20.0. The van der Waals surface area contributed by atoms with Gasteiger partial charge in [-0.25, -0.2) is 4.98 Å². The van der Waals surface area contributed by atoms with Crippen LogP contribution in [0.15, 0.2) is 41.3 Å². The Kier molecular flexibility index (Phi) is 7.12. The first kappa shape index (κ1) is 24.2. The van der Waals surface area contributed by atoms with Crippen molar-refractivity contribution >= 4 is 22.8 Å². The number of ether oxygens (including phenoxy) is 3. The lowest BCUT2D eigenvalue weighted by molar-refractivity contribution is -0.118. The molecule has 0 unspecified atom stereocenters. The van der Waals surface area contributed by atoms with Crippen LogP contribution in [0.3, 0.4) is 0 Å². The van der Waals surface area contributed by atoms with Crippen molar-refractivity contribution in [3.8, 4) is 11.5 Å². The first-order valence-electron chi connectivity index (χ1n) is 12.0. The van der Waals surface area contributed by atoms with E-state index in [1.165, 1.54) is 0 Å². The number of rotatable bonds is 8. The molecule has 2 atom stereocenters. The van der Waals surface area contributed by atoms with Crippen molar-refractivity contribution in [1.29, 1.82) is 0 Å². The van der Waals surface area contributed by atoms with Crippen molar-refractivity contribution in [2.24, 2.45) is 0 Å². The number of anilines is 1. The summed E-state index contributed by atoms with van der Waals surface area (Å²) in [5.74, 6) is 1.46. The van der Waals surface area contributed by atoms with Gasteiger partial charge >= 0.3 is 0 Å². The Labute approximate surface area is 208 Å². The Balaban J connectivity index is 1.19. The number of carbonyl (C=O) groups is 1. The fraction of sp³-hybridized carbons (Fsp3) is 0.440. The summed E-state index contributed by atoms with van der Waals surface area (Å²) in [6.07, 6.45) is 2.54. The van der Waals surface area contributed by atoms with Gasteiger partial charge in [-0.2, -0.15) is 0 Å². The fourth-order valence-electron chi connectivity index (χ4n) is 4.73. The van der Waals surface area contributed by atoms with E-state index in [2.05, 4.69) is 25.5 Å². The fourth-order valence-corrected chi connectivity index (χ4v) is 4.73. The Morgan fingerprint density at radius 3 is 2.92 bits per heavy atom. The zero-order chi connectivity index (χ0) is 25.1. The largest absolute Gasteiger partial charge is 0.495 e. The molecule has 2 aliphatic heterocycles. The van der Waals surface area contributed by atoms with Crippen molar-refractivity contribution < 1.29 is 19.0 Å². The van der Waals surface area contributed by atoms with E-state index in [-0.39, 0.29) is 30.2 Å². The van der Waals surface area contributed by atoms with E-state index in [0.29, 0.717) is 30.4 Å². The third-order valence-corrected chi connectivity index (χ3v) is 6.71. The molecule has 2 aliphatic rings. The Hall–Kier alpha value is -3.54. The van der Waals surface area contributed by atoms with Crippen LogP contribution in [0.4, 0.5) is 5.82 Å². The molecule has 0 spiro atoms. The SMILES string of the molecule is COc1cnc2ccc(=O)n(CCN3CC[C@@H](NCc4ccc5c(n4)NC(=O)CO5)[C@@H](OC)C3)c2c1. The van der Waals surface area contributed by atoms with Crippen LogP contribution >= 0.6 is 0 Å². The molecule has 11 nitrogen and oxygen atoms in total. The van der Waals surface area contributed by atoms with E-state index in [1.54, 1.807) is 37.1 Å². The van der Waals surface area contributed by atoms with Gasteiger partial charge < -0.3 is 29.4 Å². The average molecular weight is 495 g/mol. The highest BCUT2D eigenvalue weighted by atomic mass is 16.5. The van der Waals surface area contributed by atoms with Gasteiger partial charge in [-0.15, -0.1) is 0 Å². The van der Waals surface area contributed by atoms with Crippen LogP contribution in [0.25, 0.3) is 11.0 Å². The van der Waals surface area contributed by atoms with Gasteiger partial charge in [0.05, 0.1) is 36.1 Å². The molecule has 1 fully saturated rings. The lowest BCUT2D eigenvalue weighted by Crippen LogP contribution is -2.53. The molecule has 2 N–H and O–H groups in total. The van der Waals surface area contributed by atoms with Crippen LogP contribution in [-0.4, -0.2) is 77.9 Å². The Morgan fingerprint density at radius 1 is 1.19 bits per heavy atom. The van der Waals surface area contributed by atoms with Gasteiger partial charge in [0.15, 0.2) is 18.2 Å². The highest BCUT2D eigenvalue weighted by molar-refractivity contribution is 5.94. The molecular weight excluding hydrogens is 464 g/mol. The molecule has 3 aromatic heterocycles. The topological polar surface area (TPSA) is 120 Å². The first-order chi connectivity index (χ1) is 17.5. The highest BCUT2D eigenvalue weighted by Crippen LogP contribution is 2.25. The molecule has 11 heteroatoms. The number of amides is 1. The van der Waals surface area contributed by atoms with Crippen molar-refractivity contribution in [2.45, 2.75) is 31.7 Å². The van der Waals surface area contributed by atoms with Crippen molar-refractivity contribution in [3.63, 3.8) is 0 Å². The second kappa shape index (κ2) is 10.6. The molecule has 0 saturated carbocycles. The van der Waals surface area contributed by atoms with Gasteiger partial charge in [0, 0.05) is 51.5 Å². The number of methoxy groups -OCH3 is 2. The molecule has 36 heavy (non-hydrogen) atoms. The summed E-state index contributed by atoms with van der Waals surface area (Å²) >= 11 is 0. The van der Waals surface area contributed by atoms with Gasteiger partial charge in [0.1, 0.15) is 5.75 Å². The molecule has 190 valence electrons. The number of likely N-dealkylation sites (tertiary alicyclic amines) is 1. The van der Waals surface area contributed by atoms with Crippen LogP contribution in [0.1, 0.15) is 12.1 Å². The molecule has 0 bridgehead atoms. The van der Waals surface area contributed by atoms with Crippen LogP contribution in [0.2, 0.25) is 0 Å². The van der Waals surface area contributed by atoms with E-state index in [0.717, 1.165) is 42.8 Å². The second-order valence-corrected chi connectivity index (χ2v) is 8.94. The molecule has 0 aromatic carbocycles. The molecule has 5 heterocycles. The smallest absolute Gasteiger partial charge is 0.263 e. The summed E-state index contributed by atoms with van der Waals surface area (Å²) in [5, 5.41) is 6.30. The molecule has 5 rings (SSSR count). The van der Waals surface area contributed by atoms with Gasteiger partial charge in [-0.3, -0.25) is 19.5 Å². The molecule has 1 saturated heterocycles. The number of piperidine rings is 1. The standard InChI is InChI=1S/C25H30N6O5/c1-34-17-11-20-18(27-13-17)4-6-24(33)31(20)10-9-30-8-7-19(22(14-30)35-2)26-12-16-3-5-21-25(28-16)29-23(32)15-36-21/h3-6,11,13,19,22,26H,7-10,12,14-15H2,1-2H3,(H,28,29,32)/t19-,22+/m1/s1. The molecule has 0 aliphatic carbocycles. The summed E-state index contributed by atoms with van der Waals surface area (Å²) in [4.78, 5) is 35.4. The van der Waals surface area contributed by atoms with E-state index in [1.807, 2.05) is 18.2 Å².